The van der Waals surface area contributed by atoms with Gasteiger partial charge in [0, 0.05) is 23.6 Å². The molecule has 1 unspecified atom stereocenters. The van der Waals surface area contributed by atoms with Crippen molar-refractivity contribution < 1.29 is 26.1 Å². The molecule has 0 N–H and O–H groups in total. The van der Waals surface area contributed by atoms with Crippen LogP contribution in [0.3, 0.4) is 0 Å². The first kappa shape index (κ1) is 20.2. The Labute approximate surface area is 148 Å². The molecular weight excluding hydrogens is 373 g/mol. The zero-order valence-electron chi connectivity index (χ0n) is 13.9. The molecule has 1 aliphatic carbocycles. The molecule has 1 aliphatic rings. The molecule has 0 bridgehead atoms. The summed E-state index contributed by atoms with van der Waals surface area (Å²) in [6.45, 7) is 0. The molecule has 1 fully saturated rings. The minimum absolute atomic E-state index is 0.120. The van der Waals surface area contributed by atoms with E-state index in [4.69, 9.17) is 13.0 Å². The van der Waals surface area contributed by atoms with Gasteiger partial charge in [0.1, 0.15) is 0 Å². The van der Waals surface area contributed by atoms with E-state index in [2.05, 4.69) is 0 Å². The fourth-order valence-electron chi connectivity index (χ4n) is 3.23. The van der Waals surface area contributed by atoms with Crippen molar-refractivity contribution in [3.63, 3.8) is 0 Å². The summed E-state index contributed by atoms with van der Waals surface area (Å²) >= 11 is 0. The number of halogens is 3. The summed E-state index contributed by atoms with van der Waals surface area (Å²) in [5.41, 5.74) is -4.15. The van der Waals surface area contributed by atoms with Crippen LogP contribution in [0.1, 0.15) is 49.3 Å². The molecule has 1 heterocycles. The van der Waals surface area contributed by atoms with E-state index in [0.717, 1.165) is 43.9 Å². The van der Waals surface area contributed by atoms with Gasteiger partial charge in [-0.25, -0.2) is 8.42 Å². The maximum Gasteiger partial charge on any atom is 0.600 e. The summed E-state index contributed by atoms with van der Waals surface area (Å²) in [7, 11) is -5.62. The number of hydrogen-bond donors (Lipinski definition) is 0. The first-order valence-electron chi connectivity index (χ1n) is 8.10. The molecular formula is C17H21F3O3S2. The standard InChI is InChI=1S/C16H18F3S.CH4O3S/c17-16(18,19)20-14-10-6-5-9-13(14)11-15(20)12-7-3-1-2-4-8-12;1-5(2,3)4/h5-6,9-12H,1-4,7-8H2;1H3,(H,2,3,4)/q+1;/p-1. The Balaban J connectivity index is 0.000000399. The molecule has 0 spiro atoms. The normalized spacial score (nSPS) is 17.7. The van der Waals surface area contributed by atoms with Crippen LogP contribution in [0, 0.1) is 0 Å². The summed E-state index contributed by atoms with van der Waals surface area (Å²) < 4.78 is 68.3. The predicted molar refractivity (Wildman–Crippen MR) is 93.8 cm³/mol. The Bertz CT molecular complexity index is 794. The van der Waals surface area contributed by atoms with Crippen molar-refractivity contribution in [1.29, 1.82) is 0 Å². The van der Waals surface area contributed by atoms with Gasteiger partial charge < -0.3 is 4.55 Å². The molecule has 3 rings (SSSR count). The minimum Gasteiger partial charge on any atom is -0.748 e. The van der Waals surface area contributed by atoms with E-state index < -0.39 is 26.1 Å². The quantitative estimate of drug-likeness (QED) is 0.356. The maximum atomic E-state index is 13.5. The number of alkyl halides is 3. The Morgan fingerprint density at radius 1 is 1.08 bits per heavy atom. The van der Waals surface area contributed by atoms with Gasteiger partial charge in [-0.3, -0.25) is 0 Å². The van der Waals surface area contributed by atoms with Gasteiger partial charge in [0.2, 0.25) is 0 Å². The molecule has 2 aromatic rings. The average molecular weight is 394 g/mol. The SMILES string of the molecule is CS(=O)(=O)[O-].FC(F)(F)[s+]1c(C2CCCCCC2)cc2ccccc21. The Morgan fingerprint density at radius 3 is 2.12 bits per heavy atom. The number of benzene rings is 1. The zero-order valence-corrected chi connectivity index (χ0v) is 15.5. The highest BCUT2D eigenvalue weighted by atomic mass is 32.2. The number of rotatable bonds is 1. The van der Waals surface area contributed by atoms with Gasteiger partial charge in [0.25, 0.3) is 0 Å². The summed E-state index contributed by atoms with van der Waals surface area (Å²) in [4.78, 5) is 0.639. The second-order valence-electron chi connectivity index (χ2n) is 6.23. The van der Waals surface area contributed by atoms with Crippen LogP contribution in [0.15, 0.2) is 30.3 Å². The predicted octanol–water partition coefficient (Wildman–Crippen LogP) is 5.66. The number of fused-ring (bicyclic) bond motifs is 1. The summed E-state index contributed by atoms with van der Waals surface area (Å²) in [6, 6.07) is 8.82. The van der Waals surface area contributed by atoms with E-state index in [1.54, 1.807) is 12.1 Å². The summed E-state index contributed by atoms with van der Waals surface area (Å²) in [6.07, 6.45) is 6.89. The molecule has 0 radical (unpaired) electrons. The lowest BCUT2D eigenvalue weighted by molar-refractivity contribution is -0.0868. The van der Waals surface area contributed by atoms with E-state index in [-0.39, 0.29) is 5.92 Å². The van der Waals surface area contributed by atoms with Gasteiger partial charge in [-0.1, -0.05) is 37.8 Å². The highest BCUT2D eigenvalue weighted by molar-refractivity contribution is 7.84. The fraction of sp³-hybridized carbons (Fsp3) is 0.529. The largest absolute Gasteiger partial charge is 0.748 e. The molecule has 0 aliphatic heterocycles. The second kappa shape index (κ2) is 8.05. The second-order valence-corrected chi connectivity index (χ2v) is 9.62. The molecule has 140 valence electrons. The first-order valence-corrected chi connectivity index (χ1v) is 11.1. The monoisotopic (exact) mass is 394 g/mol. The average Bonchev–Trinajstić information content (AvgIpc) is 2.66. The fourth-order valence-corrected chi connectivity index (χ4v) is 5.39. The van der Waals surface area contributed by atoms with Crippen molar-refractivity contribution in [2.24, 2.45) is 0 Å². The third-order valence-electron chi connectivity index (χ3n) is 4.16. The molecule has 8 heteroatoms. The molecule has 3 nitrogen and oxygen atoms in total. The molecule has 1 atom stereocenters. The molecule has 1 aromatic carbocycles. The molecule has 0 amide bonds. The van der Waals surface area contributed by atoms with E-state index in [1.807, 2.05) is 18.2 Å². The lowest BCUT2D eigenvalue weighted by atomic mass is 9.98. The van der Waals surface area contributed by atoms with E-state index >= 15 is 0 Å². The lowest BCUT2D eigenvalue weighted by Gasteiger charge is -2.10. The van der Waals surface area contributed by atoms with Crippen molar-refractivity contribution in [2.45, 2.75) is 50.0 Å². The van der Waals surface area contributed by atoms with E-state index in [9.17, 15) is 13.2 Å². The van der Waals surface area contributed by atoms with Crippen molar-refractivity contribution in [2.75, 3.05) is 6.26 Å². The maximum absolute atomic E-state index is 13.5. The van der Waals surface area contributed by atoms with Crippen LogP contribution in [0.4, 0.5) is 13.2 Å². The van der Waals surface area contributed by atoms with E-state index in [0.29, 0.717) is 15.8 Å². The van der Waals surface area contributed by atoms with Crippen LogP contribution in [0.25, 0.3) is 10.1 Å². The first-order chi connectivity index (χ1) is 11.6. The number of hydrogen-bond acceptors (Lipinski definition) is 3. The van der Waals surface area contributed by atoms with Crippen molar-refractivity contribution in [1.82, 2.24) is 0 Å². The molecule has 1 saturated carbocycles. The zero-order chi connectivity index (χ0) is 18.7. The van der Waals surface area contributed by atoms with Gasteiger partial charge in [0.15, 0.2) is 9.58 Å². The summed E-state index contributed by atoms with van der Waals surface area (Å²) in [5, 5.41) is 0.771. The van der Waals surface area contributed by atoms with Gasteiger partial charge in [0.05, 0.1) is 20.6 Å². The number of thiophene rings is 1. The molecule has 25 heavy (non-hydrogen) atoms. The van der Waals surface area contributed by atoms with Crippen LogP contribution < -0.4 is 0 Å². The molecule has 1 aromatic heterocycles. The Kier molecular flexibility index (Phi) is 6.51. The highest BCUT2D eigenvalue weighted by Crippen LogP contribution is 2.54. The van der Waals surface area contributed by atoms with Crippen LogP contribution >= 0.6 is 10.5 Å². The van der Waals surface area contributed by atoms with Crippen molar-refractivity contribution in [3.05, 3.63) is 35.2 Å². The van der Waals surface area contributed by atoms with Crippen LogP contribution in [0.2, 0.25) is 0 Å². The van der Waals surface area contributed by atoms with Gasteiger partial charge >= 0.3 is 5.51 Å². The Hall–Kier alpha value is -1.12. The van der Waals surface area contributed by atoms with Crippen LogP contribution in [0.5, 0.6) is 0 Å². The van der Waals surface area contributed by atoms with Gasteiger partial charge in [-0.05, 0) is 25.0 Å². The lowest BCUT2D eigenvalue weighted by Crippen LogP contribution is -2.02. The minimum atomic E-state index is -4.15. The van der Waals surface area contributed by atoms with Gasteiger partial charge in [-0.2, -0.15) is 0 Å². The van der Waals surface area contributed by atoms with Crippen molar-refractivity contribution in [3.8, 4) is 0 Å². The van der Waals surface area contributed by atoms with Crippen LogP contribution in [-0.4, -0.2) is 19.2 Å². The van der Waals surface area contributed by atoms with Gasteiger partial charge in [-0.15, -0.1) is 13.2 Å². The molecule has 0 saturated heterocycles. The highest BCUT2D eigenvalue weighted by Gasteiger charge is 2.49. The summed E-state index contributed by atoms with van der Waals surface area (Å²) in [5.74, 6) is 0.120. The van der Waals surface area contributed by atoms with E-state index in [1.165, 1.54) is 0 Å². The Morgan fingerprint density at radius 2 is 1.60 bits per heavy atom. The third-order valence-corrected chi connectivity index (χ3v) is 6.36. The van der Waals surface area contributed by atoms with Crippen LogP contribution in [-0.2, 0) is 15.6 Å². The third kappa shape index (κ3) is 5.97. The van der Waals surface area contributed by atoms with Crippen molar-refractivity contribution >= 4 is 30.7 Å². The topological polar surface area (TPSA) is 57.2 Å². The smallest absolute Gasteiger partial charge is 0.600 e.